The van der Waals surface area contributed by atoms with Gasteiger partial charge in [-0.05, 0) is 37.2 Å². The summed E-state index contributed by atoms with van der Waals surface area (Å²) < 4.78 is 11.4. The molecule has 1 unspecified atom stereocenters. The molecule has 22 heavy (non-hydrogen) atoms. The largest absolute Gasteiger partial charge is 0.489 e. The molecule has 1 saturated heterocycles. The highest BCUT2D eigenvalue weighted by atomic mass is 32.1. The highest BCUT2D eigenvalue weighted by molar-refractivity contribution is 7.80. The first-order valence-electron chi connectivity index (χ1n) is 7.51. The van der Waals surface area contributed by atoms with Gasteiger partial charge in [0.15, 0.2) is 5.11 Å². The van der Waals surface area contributed by atoms with Crippen molar-refractivity contribution in [1.82, 2.24) is 5.32 Å². The van der Waals surface area contributed by atoms with Gasteiger partial charge in [-0.25, -0.2) is 0 Å². The van der Waals surface area contributed by atoms with Gasteiger partial charge in [-0.1, -0.05) is 26.0 Å². The van der Waals surface area contributed by atoms with E-state index >= 15 is 0 Å². The number of para-hydroxylation sites is 2. The van der Waals surface area contributed by atoms with Crippen LogP contribution in [-0.2, 0) is 9.53 Å². The van der Waals surface area contributed by atoms with E-state index in [1.165, 1.54) is 0 Å². The van der Waals surface area contributed by atoms with Crippen LogP contribution in [-0.4, -0.2) is 30.3 Å². The lowest BCUT2D eigenvalue weighted by Gasteiger charge is -2.16. The summed E-state index contributed by atoms with van der Waals surface area (Å²) in [6.45, 7) is 4.95. The first-order chi connectivity index (χ1) is 10.6. The van der Waals surface area contributed by atoms with E-state index in [0.29, 0.717) is 12.4 Å². The molecule has 120 valence electrons. The molecular weight excluding hydrogens is 300 g/mol. The van der Waals surface area contributed by atoms with Crippen molar-refractivity contribution in [3.8, 4) is 5.75 Å². The molecule has 5 nitrogen and oxygen atoms in total. The van der Waals surface area contributed by atoms with Crippen molar-refractivity contribution >= 4 is 28.9 Å². The Morgan fingerprint density at radius 3 is 2.91 bits per heavy atom. The molecule has 0 aromatic heterocycles. The molecule has 2 N–H and O–H groups in total. The van der Waals surface area contributed by atoms with Gasteiger partial charge in [-0.2, -0.15) is 0 Å². The Labute approximate surface area is 136 Å². The van der Waals surface area contributed by atoms with Crippen LogP contribution in [0.4, 0.5) is 5.69 Å². The smallest absolute Gasteiger partial charge is 0.228 e. The van der Waals surface area contributed by atoms with E-state index in [-0.39, 0.29) is 23.0 Å². The van der Waals surface area contributed by atoms with Gasteiger partial charge in [0.25, 0.3) is 0 Å². The van der Waals surface area contributed by atoms with Crippen LogP contribution >= 0.6 is 12.2 Å². The molecule has 1 aromatic rings. The summed E-state index contributed by atoms with van der Waals surface area (Å²) in [5.41, 5.74) is 0.731. The van der Waals surface area contributed by atoms with Crippen LogP contribution < -0.4 is 15.4 Å². The number of hydrogen-bond acceptors (Lipinski definition) is 4. The van der Waals surface area contributed by atoms with E-state index in [4.69, 9.17) is 21.7 Å². The SMILES string of the molecule is CC(C)C(=O)NC(=S)Nc1ccccc1OCC1CCCO1. The van der Waals surface area contributed by atoms with Crippen molar-refractivity contribution in [2.45, 2.75) is 32.8 Å². The predicted molar refractivity (Wildman–Crippen MR) is 90.1 cm³/mol. The minimum absolute atomic E-state index is 0.116. The average Bonchev–Trinajstić information content (AvgIpc) is 2.99. The number of thiocarbonyl (C=S) groups is 1. The van der Waals surface area contributed by atoms with Crippen LogP contribution in [0.1, 0.15) is 26.7 Å². The van der Waals surface area contributed by atoms with Crippen LogP contribution in [0.5, 0.6) is 5.75 Å². The molecule has 0 spiro atoms. The maximum atomic E-state index is 11.6. The fraction of sp³-hybridized carbons (Fsp3) is 0.500. The van der Waals surface area contributed by atoms with Crippen molar-refractivity contribution in [3.05, 3.63) is 24.3 Å². The Hall–Kier alpha value is -1.66. The molecule has 0 bridgehead atoms. The highest BCUT2D eigenvalue weighted by Gasteiger charge is 2.17. The van der Waals surface area contributed by atoms with Crippen molar-refractivity contribution in [2.75, 3.05) is 18.5 Å². The zero-order chi connectivity index (χ0) is 15.9. The third-order valence-electron chi connectivity index (χ3n) is 3.35. The minimum Gasteiger partial charge on any atom is -0.489 e. The van der Waals surface area contributed by atoms with Gasteiger partial charge in [0.2, 0.25) is 5.91 Å². The Morgan fingerprint density at radius 1 is 1.45 bits per heavy atom. The molecule has 1 atom stereocenters. The molecule has 6 heteroatoms. The summed E-state index contributed by atoms with van der Waals surface area (Å²) in [7, 11) is 0. The Bertz CT molecular complexity index is 528. The molecule has 2 rings (SSSR count). The van der Waals surface area contributed by atoms with Crippen LogP contribution in [0.2, 0.25) is 0 Å². The Balaban J connectivity index is 1.92. The number of benzene rings is 1. The van der Waals surface area contributed by atoms with Crippen LogP contribution in [0.3, 0.4) is 0 Å². The Kier molecular flexibility index (Phi) is 6.15. The first-order valence-corrected chi connectivity index (χ1v) is 7.92. The van der Waals surface area contributed by atoms with Gasteiger partial charge >= 0.3 is 0 Å². The summed E-state index contributed by atoms with van der Waals surface area (Å²) in [4.78, 5) is 11.6. The monoisotopic (exact) mass is 322 g/mol. The van der Waals surface area contributed by atoms with Crippen molar-refractivity contribution < 1.29 is 14.3 Å². The summed E-state index contributed by atoms with van der Waals surface area (Å²) in [6.07, 6.45) is 2.26. The molecule has 1 amide bonds. The fourth-order valence-corrected chi connectivity index (χ4v) is 2.27. The summed E-state index contributed by atoms with van der Waals surface area (Å²) in [6, 6.07) is 7.50. The number of ether oxygens (including phenoxy) is 2. The normalized spacial score (nSPS) is 17.3. The third kappa shape index (κ3) is 4.96. The second-order valence-corrected chi connectivity index (χ2v) is 5.95. The molecule has 0 saturated carbocycles. The lowest BCUT2D eigenvalue weighted by Crippen LogP contribution is -2.36. The van der Waals surface area contributed by atoms with Gasteiger partial charge in [-0.15, -0.1) is 0 Å². The second kappa shape index (κ2) is 8.10. The standard InChI is InChI=1S/C16H22N2O3S/c1-11(2)15(19)18-16(22)17-13-7-3-4-8-14(13)21-10-12-6-5-9-20-12/h3-4,7-8,11-12H,5-6,9-10H2,1-2H3,(H2,17,18,19,22). The van der Waals surface area contributed by atoms with Gasteiger partial charge < -0.3 is 20.1 Å². The molecule has 0 radical (unpaired) electrons. The summed E-state index contributed by atoms with van der Waals surface area (Å²) in [5, 5.41) is 5.93. The quantitative estimate of drug-likeness (QED) is 0.816. The average molecular weight is 322 g/mol. The van der Waals surface area contributed by atoms with E-state index in [2.05, 4.69) is 10.6 Å². The lowest BCUT2D eigenvalue weighted by molar-refractivity contribution is -0.122. The van der Waals surface area contributed by atoms with Crippen molar-refractivity contribution in [3.63, 3.8) is 0 Å². The molecule has 1 heterocycles. The lowest BCUT2D eigenvalue weighted by atomic mass is 10.2. The van der Waals surface area contributed by atoms with Crippen LogP contribution in [0.25, 0.3) is 0 Å². The van der Waals surface area contributed by atoms with E-state index < -0.39 is 0 Å². The van der Waals surface area contributed by atoms with Gasteiger partial charge in [0.1, 0.15) is 12.4 Å². The molecule has 1 aliphatic heterocycles. The third-order valence-corrected chi connectivity index (χ3v) is 3.55. The molecule has 1 fully saturated rings. The number of rotatable bonds is 5. The van der Waals surface area contributed by atoms with Gasteiger partial charge in [-0.3, -0.25) is 4.79 Å². The molecular formula is C16H22N2O3S. The minimum atomic E-state index is -0.120. The number of anilines is 1. The van der Waals surface area contributed by atoms with E-state index in [0.717, 1.165) is 25.1 Å². The zero-order valence-electron chi connectivity index (χ0n) is 12.9. The number of nitrogens with one attached hydrogen (secondary N) is 2. The van der Waals surface area contributed by atoms with Gasteiger partial charge in [0, 0.05) is 12.5 Å². The van der Waals surface area contributed by atoms with E-state index in [1.807, 2.05) is 38.1 Å². The summed E-state index contributed by atoms with van der Waals surface area (Å²) >= 11 is 5.16. The molecule has 1 aromatic carbocycles. The first kappa shape index (κ1) is 16.7. The van der Waals surface area contributed by atoms with Crippen LogP contribution in [0, 0.1) is 5.92 Å². The zero-order valence-corrected chi connectivity index (χ0v) is 13.7. The van der Waals surface area contributed by atoms with Crippen molar-refractivity contribution in [2.24, 2.45) is 5.92 Å². The summed E-state index contributed by atoms with van der Waals surface area (Å²) in [5.74, 6) is 0.458. The van der Waals surface area contributed by atoms with E-state index in [9.17, 15) is 4.79 Å². The Morgan fingerprint density at radius 2 is 2.23 bits per heavy atom. The topological polar surface area (TPSA) is 59.6 Å². The van der Waals surface area contributed by atoms with Gasteiger partial charge in [0.05, 0.1) is 11.8 Å². The highest BCUT2D eigenvalue weighted by Crippen LogP contribution is 2.25. The molecule has 0 aliphatic carbocycles. The van der Waals surface area contributed by atoms with E-state index in [1.54, 1.807) is 0 Å². The maximum Gasteiger partial charge on any atom is 0.228 e. The number of amides is 1. The van der Waals surface area contributed by atoms with Crippen LogP contribution in [0.15, 0.2) is 24.3 Å². The fourth-order valence-electron chi connectivity index (χ4n) is 2.06. The maximum absolute atomic E-state index is 11.6. The molecule has 1 aliphatic rings. The predicted octanol–water partition coefficient (Wildman–Crippen LogP) is 2.71. The number of carbonyl (C=O) groups excluding carboxylic acids is 1. The second-order valence-electron chi connectivity index (χ2n) is 5.54. The number of carbonyl (C=O) groups is 1. The van der Waals surface area contributed by atoms with Crippen molar-refractivity contribution in [1.29, 1.82) is 0 Å². The number of hydrogen-bond donors (Lipinski definition) is 2.